The molecule has 2 N–H and O–H groups in total. The van der Waals surface area contributed by atoms with E-state index in [9.17, 15) is 0 Å². The van der Waals surface area contributed by atoms with Crippen LogP contribution in [0, 0.1) is 13.8 Å². The van der Waals surface area contributed by atoms with Gasteiger partial charge in [0.25, 0.3) is 0 Å². The number of nitrogens with zero attached hydrogens (tertiary/aromatic N) is 1. The van der Waals surface area contributed by atoms with Crippen molar-refractivity contribution >= 4 is 0 Å². The standard InChI is InChI=1S/C18H26N2/c1-13-12-15(10-11-19)14(2)20(13)17-9-7-6-8-16(17)18(3,4)5/h6-9,12H,10-11,19H2,1-5H3. The molecule has 2 rings (SSSR count). The number of aromatic nitrogens is 1. The third-order valence-electron chi connectivity index (χ3n) is 3.90. The number of benzene rings is 1. The summed E-state index contributed by atoms with van der Waals surface area (Å²) in [5, 5.41) is 0. The van der Waals surface area contributed by atoms with Gasteiger partial charge in [-0.05, 0) is 55.5 Å². The molecule has 0 aliphatic carbocycles. The second-order valence-corrected chi connectivity index (χ2v) is 6.54. The third kappa shape index (κ3) is 2.66. The Morgan fingerprint density at radius 1 is 1.10 bits per heavy atom. The van der Waals surface area contributed by atoms with Crippen LogP contribution in [0.2, 0.25) is 0 Å². The minimum atomic E-state index is 0.133. The number of nitrogens with two attached hydrogens (primary N) is 1. The summed E-state index contributed by atoms with van der Waals surface area (Å²) in [5.74, 6) is 0. The van der Waals surface area contributed by atoms with Crippen LogP contribution < -0.4 is 5.73 Å². The molecule has 0 radical (unpaired) electrons. The lowest BCUT2D eigenvalue weighted by molar-refractivity contribution is 0.585. The molecule has 0 saturated carbocycles. The molecule has 0 aliphatic rings. The van der Waals surface area contributed by atoms with Gasteiger partial charge >= 0.3 is 0 Å². The van der Waals surface area contributed by atoms with Crippen molar-refractivity contribution in [2.75, 3.05) is 6.54 Å². The van der Waals surface area contributed by atoms with Gasteiger partial charge in [0.05, 0.1) is 0 Å². The SMILES string of the molecule is Cc1cc(CCN)c(C)n1-c1ccccc1C(C)(C)C. The summed E-state index contributed by atoms with van der Waals surface area (Å²) in [6, 6.07) is 11.0. The Kier molecular flexibility index (Phi) is 4.05. The van der Waals surface area contributed by atoms with Crippen LogP contribution in [-0.4, -0.2) is 11.1 Å². The highest BCUT2D eigenvalue weighted by atomic mass is 15.0. The first kappa shape index (κ1) is 14.9. The summed E-state index contributed by atoms with van der Waals surface area (Å²) < 4.78 is 2.37. The van der Waals surface area contributed by atoms with Crippen LogP contribution in [0.25, 0.3) is 5.69 Å². The first-order valence-electron chi connectivity index (χ1n) is 7.34. The summed E-state index contributed by atoms with van der Waals surface area (Å²) in [4.78, 5) is 0. The van der Waals surface area contributed by atoms with Gasteiger partial charge in [0.1, 0.15) is 0 Å². The van der Waals surface area contributed by atoms with Gasteiger partial charge < -0.3 is 10.3 Å². The lowest BCUT2D eigenvalue weighted by Crippen LogP contribution is -2.16. The zero-order chi connectivity index (χ0) is 14.9. The second-order valence-electron chi connectivity index (χ2n) is 6.54. The molecular weight excluding hydrogens is 244 g/mol. The van der Waals surface area contributed by atoms with Crippen molar-refractivity contribution in [1.29, 1.82) is 0 Å². The molecule has 0 bridgehead atoms. The van der Waals surface area contributed by atoms with Gasteiger partial charge in [-0.3, -0.25) is 0 Å². The average molecular weight is 270 g/mol. The van der Waals surface area contributed by atoms with Crippen molar-refractivity contribution < 1.29 is 0 Å². The topological polar surface area (TPSA) is 30.9 Å². The summed E-state index contributed by atoms with van der Waals surface area (Å²) in [6.07, 6.45) is 0.942. The molecule has 108 valence electrons. The van der Waals surface area contributed by atoms with E-state index in [1.807, 2.05) is 0 Å². The molecule has 0 spiro atoms. The largest absolute Gasteiger partial charge is 0.330 e. The lowest BCUT2D eigenvalue weighted by atomic mass is 9.85. The molecule has 1 heterocycles. The minimum Gasteiger partial charge on any atom is -0.330 e. The highest BCUT2D eigenvalue weighted by Crippen LogP contribution is 2.31. The maximum atomic E-state index is 5.72. The molecule has 0 amide bonds. The molecule has 0 atom stereocenters. The van der Waals surface area contributed by atoms with Gasteiger partial charge in [-0.2, -0.15) is 0 Å². The van der Waals surface area contributed by atoms with Crippen LogP contribution in [0.4, 0.5) is 0 Å². The number of aryl methyl sites for hydroxylation is 1. The predicted octanol–water partition coefficient (Wildman–Crippen LogP) is 3.89. The Morgan fingerprint density at radius 2 is 1.75 bits per heavy atom. The van der Waals surface area contributed by atoms with E-state index >= 15 is 0 Å². The Bertz CT molecular complexity index is 600. The molecule has 2 nitrogen and oxygen atoms in total. The van der Waals surface area contributed by atoms with Gasteiger partial charge in [-0.25, -0.2) is 0 Å². The number of para-hydroxylation sites is 1. The van der Waals surface area contributed by atoms with E-state index in [2.05, 4.69) is 69.5 Å². The average Bonchev–Trinajstić information content (AvgIpc) is 2.64. The summed E-state index contributed by atoms with van der Waals surface area (Å²) >= 11 is 0. The highest BCUT2D eigenvalue weighted by molar-refractivity contribution is 5.49. The van der Waals surface area contributed by atoms with Crippen LogP contribution in [0.5, 0.6) is 0 Å². The van der Waals surface area contributed by atoms with Crippen LogP contribution in [0.1, 0.15) is 43.3 Å². The van der Waals surface area contributed by atoms with E-state index in [1.165, 1.54) is 28.2 Å². The maximum Gasteiger partial charge on any atom is 0.0492 e. The summed E-state index contributed by atoms with van der Waals surface area (Å²) in [7, 11) is 0. The normalized spacial score (nSPS) is 11.9. The molecular formula is C18H26N2. The van der Waals surface area contributed by atoms with Gasteiger partial charge in [-0.1, -0.05) is 39.0 Å². The Labute approximate surface area is 122 Å². The zero-order valence-electron chi connectivity index (χ0n) is 13.3. The minimum absolute atomic E-state index is 0.133. The van der Waals surface area contributed by atoms with Gasteiger partial charge in [0.2, 0.25) is 0 Å². The van der Waals surface area contributed by atoms with Crippen molar-refractivity contribution in [1.82, 2.24) is 4.57 Å². The fourth-order valence-corrected chi connectivity index (χ4v) is 2.91. The van der Waals surface area contributed by atoms with Gasteiger partial charge in [0.15, 0.2) is 0 Å². The molecule has 20 heavy (non-hydrogen) atoms. The van der Waals surface area contributed by atoms with Crippen molar-refractivity contribution in [3.05, 3.63) is 52.8 Å². The predicted molar refractivity (Wildman–Crippen MR) is 86.7 cm³/mol. The molecule has 1 aromatic carbocycles. The first-order valence-corrected chi connectivity index (χ1v) is 7.34. The van der Waals surface area contributed by atoms with Crippen molar-refractivity contribution in [2.45, 2.75) is 46.5 Å². The molecule has 0 aliphatic heterocycles. The van der Waals surface area contributed by atoms with Crippen LogP contribution >= 0.6 is 0 Å². The molecule has 0 unspecified atom stereocenters. The van der Waals surface area contributed by atoms with E-state index in [-0.39, 0.29) is 5.41 Å². The summed E-state index contributed by atoms with van der Waals surface area (Å²) in [5.41, 5.74) is 12.5. The monoisotopic (exact) mass is 270 g/mol. The third-order valence-corrected chi connectivity index (χ3v) is 3.90. The molecule has 1 aromatic heterocycles. The number of rotatable bonds is 3. The maximum absolute atomic E-state index is 5.72. The van der Waals surface area contributed by atoms with E-state index in [4.69, 9.17) is 5.73 Å². The lowest BCUT2D eigenvalue weighted by Gasteiger charge is -2.24. The van der Waals surface area contributed by atoms with Gasteiger partial charge in [-0.15, -0.1) is 0 Å². The fourth-order valence-electron chi connectivity index (χ4n) is 2.91. The number of hydrogen-bond acceptors (Lipinski definition) is 1. The second kappa shape index (κ2) is 5.45. The van der Waals surface area contributed by atoms with Crippen molar-refractivity contribution in [2.24, 2.45) is 5.73 Å². The van der Waals surface area contributed by atoms with E-state index in [1.54, 1.807) is 0 Å². The number of hydrogen-bond donors (Lipinski definition) is 1. The quantitative estimate of drug-likeness (QED) is 0.901. The van der Waals surface area contributed by atoms with E-state index in [0.29, 0.717) is 6.54 Å². The molecule has 0 saturated heterocycles. The van der Waals surface area contributed by atoms with Crippen LogP contribution in [-0.2, 0) is 11.8 Å². The zero-order valence-corrected chi connectivity index (χ0v) is 13.3. The highest BCUT2D eigenvalue weighted by Gasteiger charge is 2.20. The van der Waals surface area contributed by atoms with Crippen molar-refractivity contribution in [3.8, 4) is 5.69 Å². The summed E-state index contributed by atoms with van der Waals surface area (Å²) in [6.45, 7) is 11.9. The molecule has 0 fully saturated rings. The first-order chi connectivity index (χ1) is 9.36. The van der Waals surface area contributed by atoms with E-state index < -0.39 is 0 Å². The molecule has 2 heteroatoms. The molecule has 2 aromatic rings. The fraction of sp³-hybridized carbons (Fsp3) is 0.444. The van der Waals surface area contributed by atoms with Gasteiger partial charge in [0, 0.05) is 17.1 Å². The van der Waals surface area contributed by atoms with Crippen LogP contribution in [0.15, 0.2) is 30.3 Å². The van der Waals surface area contributed by atoms with Crippen LogP contribution in [0.3, 0.4) is 0 Å². The Hall–Kier alpha value is -1.54. The van der Waals surface area contributed by atoms with E-state index in [0.717, 1.165) is 6.42 Å². The smallest absolute Gasteiger partial charge is 0.0492 e. The van der Waals surface area contributed by atoms with Crippen molar-refractivity contribution in [3.63, 3.8) is 0 Å². The Morgan fingerprint density at radius 3 is 2.35 bits per heavy atom. The Balaban J connectivity index is 2.64.